The molecule has 1 atom stereocenters. The average Bonchev–Trinajstić information content (AvgIpc) is 3.08. The minimum Gasteiger partial charge on any atom is -0.391 e. The summed E-state index contributed by atoms with van der Waals surface area (Å²) in [6, 6.07) is 31.6. The van der Waals surface area contributed by atoms with Crippen LogP contribution in [0.25, 0.3) is 0 Å². The first-order valence-electron chi connectivity index (χ1n) is 11.6. The van der Waals surface area contributed by atoms with Gasteiger partial charge in [0, 0.05) is 13.1 Å². The van der Waals surface area contributed by atoms with E-state index in [1.165, 1.54) is 0 Å². The van der Waals surface area contributed by atoms with Crippen molar-refractivity contribution in [2.75, 3.05) is 27.2 Å². The monoisotopic (exact) mass is 480 g/mol. The number of benzene rings is 3. The lowest BCUT2D eigenvalue weighted by Gasteiger charge is -2.46. The van der Waals surface area contributed by atoms with Crippen molar-refractivity contribution in [2.45, 2.75) is 26.6 Å². The SMILES string of the molecule is CN1CCN(C)P1(=[18O])C(O[Si](c1ccccc1)(c1ccccc1)c1ccccc1)C(C)(C)C. The van der Waals surface area contributed by atoms with Crippen LogP contribution in [0, 0.1) is 5.41 Å². The first-order valence-corrected chi connectivity index (χ1v) is 15.2. The smallest absolute Gasteiger partial charge is 0.289 e. The second kappa shape index (κ2) is 9.32. The maximum atomic E-state index is 14.7. The molecule has 3 aromatic carbocycles. The Balaban J connectivity index is 2.01. The molecule has 0 spiro atoms. The Morgan fingerprint density at radius 3 is 1.36 bits per heavy atom. The van der Waals surface area contributed by atoms with Crippen LogP contribution in [0.3, 0.4) is 0 Å². The second-order valence-corrected chi connectivity index (χ2v) is 16.3. The van der Waals surface area contributed by atoms with Crippen LogP contribution in [-0.2, 0) is 8.99 Å². The van der Waals surface area contributed by atoms with Crippen LogP contribution in [-0.4, -0.2) is 50.7 Å². The quantitative estimate of drug-likeness (QED) is 0.230. The van der Waals surface area contributed by atoms with E-state index in [0.717, 1.165) is 28.6 Å². The molecule has 4 rings (SSSR count). The zero-order valence-corrected chi connectivity index (χ0v) is 22.2. The zero-order chi connectivity index (χ0) is 23.7. The van der Waals surface area contributed by atoms with Gasteiger partial charge in [0.15, 0.2) is 0 Å². The molecule has 0 amide bonds. The Bertz CT molecular complexity index is 993. The van der Waals surface area contributed by atoms with Gasteiger partial charge in [0.1, 0.15) is 5.85 Å². The minimum atomic E-state index is -3.00. The first kappa shape index (κ1) is 24.1. The summed E-state index contributed by atoms with van der Waals surface area (Å²) >= 11 is 0. The Labute approximate surface area is 199 Å². The largest absolute Gasteiger partial charge is 0.391 e. The van der Waals surface area contributed by atoms with Gasteiger partial charge in [-0.05, 0) is 35.1 Å². The van der Waals surface area contributed by atoms with Crippen molar-refractivity contribution in [3.63, 3.8) is 0 Å². The molecule has 0 saturated carbocycles. The van der Waals surface area contributed by atoms with Gasteiger partial charge >= 0.3 is 0 Å². The molecule has 0 N–H and O–H groups in total. The van der Waals surface area contributed by atoms with Gasteiger partial charge in [0.2, 0.25) is 7.44 Å². The van der Waals surface area contributed by atoms with Crippen molar-refractivity contribution < 1.29 is 8.99 Å². The molecule has 33 heavy (non-hydrogen) atoms. The third kappa shape index (κ3) is 4.29. The first-order chi connectivity index (χ1) is 15.7. The lowest BCUT2D eigenvalue weighted by Crippen LogP contribution is -2.71. The van der Waals surface area contributed by atoms with Crippen molar-refractivity contribution in [3.05, 3.63) is 91.0 Å². The maximum absolute atomic E-state index is 14.7. The van der Waals surface area contributed by atoms with Crippen molar-refractivity contribution >= 4 is 31.3 Å². The third-order valence-corrected chi connectivity index (χ3v) is 14.7. The van der Waals surface area contributed by atoms with Gasteiger partial charge in [-0.1, -0.05) is 112 Å². The number of rotatable bonds is 6. The van der Waals surface area contributed by atoms with Gasteiger partial charge in [-0.25, -0.2) is 9.34 Å². The Kier molecular flexibility index (Phi) is 6.81. The molecule has 6 heteroatoms. The fourth-order valence-electron chi connectivity index (χ4n) is 4.83. The molecule has 0 bridgehead atoms. The van der Waals surface area contributed by atoms with E-state index in [9.17, 15) is 4.57 Å². The second-order valence-electron chi connectivity index (χ2n) is 9.97. The predicted molar refractivity (Wildman–Crippen MR) is 141 cm³/mol. The van der Waals surface area contributed by atoms with Crippen LogP contribution in [0.4, 0.5) is 0 Å². The molecule has 174 valence electrons. The summed E-state index contributed by atoms with van der Waals surface area (Å²) < 4.78 is 26.3. The molecule has 1 aliphatic heterocycles. The van der Waals surface area contributed by atoms with Gasteiger partial charge < -0.3 is 4.43 Å². The Hall–Kier alpha value is -2.01. The fraction of sp³-hybridized carbons (Fsp3) is 0.333. The average molecular weight is 481 g/mol. The molecule has 1 heterocycles. The van der Waals surface area contributed by atoms with Gasteiger partial charge in [-0.2, -0.15) is 0 Å². The van der Waals surface area contributed by atoms with E-state index in [4.69, 9.17) is 4.43 Å². The lowest BCUT2D eigenvalue weighted by molar-refractivity contribution is 0.141. The summed E-state index contributed by atoms with van der Waals surface area (Å²) in [4.78, 5) is 0. The van der Waals surface area contributed by atoms with Crippen LogP contribution in [0.2, 0.25) is 0 Å². The molecule has 1 unspecified atom stereocenters. The molecule has 1 saturated heterocycles. The van der Waals surface area contributed by atoms with E-state index in [0.29, 0.717) is 0 Å². The number of hydrogen-bond donors (Lipinski definition) is 0. The summed E-state index contributed by atoms with van der Waals surface area (Å²) in [5.74, 6) is -0.463. The summed E-state index contributed by atoms with van der Waals surface area (Å²) in [7, 11) is -2.01. The fourth-order valence-corrected chi connectivity index (χ4v) is 12.9. The van der Waals surface area contributed by atoms with E-state index < -0.39 is 21.6 Å². The summed E-state index contributed by atoms with van der Waals surface area (Å²) in [6.45, 7) is 8.01. The van der Waals surface area contributed by atoms with Crippen LogP contribution >= 0.6 is 7.44 Å². The standard InChI is InChI=1S/C27H35N2O2PSi/c1-27(2,3)26(32(30)28(4)21-22-29(32)5)31-33(23-15-9-6-10-16-23,24-17-11-7-12-18-24)25-19-13-8-14-20-25/h6-20,26H,21-22H2,1-5H3/i30+2. The summed E-state index contributed by atoms with van der Waals surface area (Å²) in [5, 5.41) is 3.48. The van der Waals surface area contributed by atoms with Crippen molar-refractivity contribution in [2.24, 2.45) is 5.41 Å². The van der Waals surface area contributed by atoms with Crippen LogP contribution in [0.15, 0.2) is 91.0 Å². The van der Waals surface area contributed by atoms with Gasteiger partial charge in [-0.3, -0.25) is 4.57 Å². The number of likely N-dealkylation sites (N-methyl/N-ethyl adjacent to an activating group) is 2. The normalized spacial score (nSPS) is 18.3. The van der Waals surface area contributed by atoms with Crippen LogP contribution < -0.4 is 15.6 Å². The highest BCUT2D eigenvalue weighted by Gasteiger charge is 2.55. The molecular formula is C27H35N2O2PSi. The molecular weight excluding hydrogens is 445 g/mol. The third-order valence-electron chi connectivity index (χ3n) is 6.60. The molecule has 0 aromatic heterocycles. The van der Waals surface area contributed by atoms with Crippen molar-refractivity contribution in [1.82, 2.24) is 9.34 Å². The van der Waals surface area contributed by atoms with Crippen LogP contribution in [0.5, 0.6) is 0 Å². The summed E-state index contributed by atoms with van der Waals surface area (Å²) in [5.41, 5.74) is -0.334. The zero-order valence-electron chi connectivity index (χ0n) is 20.3. The summed E-state index contributed by atoms with van der Waals surface area (Å²) in [6.07, 6.45) is 0. The van der Waals surface area contributed by atoms with E-state index in [-0.39, 0.29) is 5.41 Å². The molecule has 1 fully saturated rings. The molecule has 4 nitrogen and oxygen atoms in total. The van der Waals surface area contributed by atoms with E-state index in [1.807, 2.05) is 41.6 Å². The Morgan fingerprint density at radius 1 is 0.727 bits per heavy atom. The molecule has 3 aromatic rings. The molecule has 1 aliphatic rings. The van der Waals surface area contributed by atoms with Crippen LogP contribution in [0.1, 0.15) is 20.8 Å². The highest BCUT2D eigenvalue weighted by atomic mass is 31.2. The molecule has 0 radical (unpaired) electrons. The predicted octanol–water partition coefficient (Wildman–Crippen LogP) is 4.11. The van der Waals surface area contributed by atoms with E-state index >= 15 is 0 Å². The lowest BCUT2D eigenvalue weighted by atomic mass is 9.98. The van der Waals surface area contributed by atoms with Gasteiger partial charge in [0.25, 0.3) is 8.32 Å². The van der Waals surface area contributed by atoms with E-state index in [2.05, 4.69) is 93.6 Å². The highest BCUT2D eigenvalue weighted by Crippen LogP contribution is 2.63. The topological polar surface area (TPSA) is 32.8 Å². The highest BCUT2D eigenvalue weighted by molar-refractivity contribution is 7.60. The van der Waals surface area contributed by atoms with Crippen molar-refractivity contribution in [3.8, 4) is 0 Å². The minimum absolute atomic E-state index is 0.334. The maximum Gasteiger partial charge on any atom is 0.289 e. The van der Waals surface area contributed by atoms with Gasteiger partial charge in [-0.15, -0.1) is 0 Å². The van der Waals surface area contributed by atoms with E-state index in [1.54, 1.807) is 0 Å². The number of nitrogens with zero attached hydrogens (tertiary/aromatic N) is 2. The molecule has 0 aliphatic carbocycles. The Morgan fingerprint density at radius 2 is 1.06 bits per heavy atom. The number of hydrogen-bond acceptors (Lipinski definition) is 2. The van der Waals surface area contributed by atoms with Gasteiger partial charge in [0.05, 0.1) is 0 Å². The van der Waals surface area contributed by atoms with Crippen molar-refractivity contribution in [1.29, 1.82) is 0 Å².